The first-order valence-electron chi connectivity index (χ1n) is 22.2. The van der Waals surface area contributed by atoms with Crippen LogP contribution < -0.4 is 9.80 Å². The summed E-state index contributed by atoms with van der Waals surface area (Å²) in [7, 11) is 0. The molecule has 10 heteroatoms. The maximum absolute atomic E-state index is 13.6. The summed E-state index contributed by atoms with van der Waals surface area (Å²) in [6.45, 7) is 12.2. The second-order valence-electron chi connectivity index (χ2n) is 18.0. The first-order valence-corrected chi connectivity index (χ1v) is 22.2. The normalized spacial score (nSPS) is 12.4. The number of aryl methyl sites for hydroxylation is 4. The lowest BCUT2D eigenvalue weighted by atomic mass is 10.0. The fourth-order valence-electron chi connectivity index (χ4n) is 9.58. The van der Waals surface area contributed by atoms with Crippen LogP contribution in [0.25, 0.3) is 65.4 Å². The SMILES string of the molecule is Cc1cc(N(c2ccc(C(F)(F)F)cc2)c2ccc3cc4c(cc3c2)oc2c4ccc3c4cc5ccc(N(c6ccc(C(F)(F)F)cc6)c6cc(C)c(C)c(C)c6)cc5cc4oc32)cc(C)c1C. The van der Waals surface area contributed by atoms with Crippen LogP contribution in [0.3, 0.4) is 0 Å². The minimum atomic E-state index is -4.46. The molecule has 0 atom stereocenters. The predicted molar refractivity (Wildman–Crippen MR) is 264 cm³/mol. The molecule has 338 valence electrons. The van der Waals surface area contributed by atoms with E-state index in [4.69, 9.17) is 8.83 Å². The third-order valence-electron chi connectivity index (χ3n) is 13.7. The Labute approximate surface area is 387 Å². The van der Waals surface area contributed by atoms with E-state index < -0.39 is 23.5 Å². The third-order valence-corrected chi connectivity index (χ3v) is 13.7. The maximum atomic E-state index is 13.6. The molecule has 0 aliphatic carbocycles. The van der Waals surface area contributed by atoms with Crippen molar-refractivity contribution in [3.63, 3.8) is 0 Å². The van der Waals surface area contributed by atoms with Crippen molar-refractivity contribution in [3.05, 3.63) is 190 Å². The first kappa shape index (κ1) is 42.9. The zero-order chi connectivity index (χ0) is 47.6. The summed E-state index contributed by atoms with van der Waals surface area (Å²) in [5, 5.41) is 7.28. The molecule has 0 N–H and O–H groups in total. The van der Waals surface area contributed by atoms with Crippen molar-refractivity contribution in [1.29, 1.82) is 0 Å². The number of nitrogens with zero attached hydrogens (tertiary/aromatic N) is 2. The topological polar surface area (TPSA) is 32.8 Å². The van der Waals surface area contributed by atoms with E-state index >= 15 is 0 Å². The molecule has 0 saturated heterocycles. The summed E-state index contributed by atoms with van der Waals surface area (Å²) < 4.78 is 95.2. The lowest BCUT2D eigenvalue weighted by Crippen LogP contribution is -2.12. The average Bonchev–Trinajstić information content (AvgIpc) is 3.85. The maximum Gasteiger partial charge on any atom is 0.416 e. The Bertz CT molecular complexity index is 3540. The molecule has 0 bridgehead atoms. The highest BCUT2D eigenvalue weighted by Crippen LogP contribution is 2.45. The highest BCUT2D eigenvalue weighted by molar-refractivity contribution is 6.21. The van der Waals surface area contributed by atoms with Gasteiger partial charge in [-0.25, -0.2) is 0 Å². The molecule has 4 nitrogen and oxygen atoms in total. The first-order chi connectivity index (χ1) is 32.4. The summed E-state index contributed by atoms with van der Waals surface area (Å²) >= 11 is 0. The summed E-state index contributed by atoms with van der Waals surface area (Å²) in [6.07, 6.45) is -8.92. The minimum Gasteiger partial charge on any atom is -0.452 e. The van der Waals surface area contributed by atoms with Crippen LogP contribution in [0.4, 0.5) is 60.5 Å². The molecular formula is C58H42F6N2O2. The van der Waals surface area contributed by atoms with E-state index in [1.807, 2.05) is 98.2 Å². The van der Waals surface area contributed by atoms with Crippen LogP contribution in [0.15, 0.2) is 154 Å². The van der Waals surface area contributed by atoms with Gasteiger partial charge in [-0.15, -0.1) is 0 Å². The number of anilines is 6. The molecule has 0 fully saturated rings. The number of alkyl halides is 6. The number of rotatable bonds is 6. The summed E-state index contributed by atoms with van der Waals surface area (Å²) in [6, 6.07) is 43.0. The van der Waals surface area contributed by atoms with Gasteiger partial charge in [0.05, 0.1) is 11.1 Å². The van der Waals surface area contributed by atoms with E-state index in [2.05, 4.69) is 50.2 Å². The van der Waals surface area contributed by atoms with Gasteiger partial charge in [0, 0.05) is 55.7 Å². The molecular weight excluding hydrogens is 871 g/mol. The lowest BCUT2D eigenvalue weighted by molar-refractivity contribution is -0.138. The highest BCUT2D eigenvalue weighted by atomic mass is 19.4. The van der Waals surface area contributed by atoms with Crippen molar-refractivity contribution in [2.24, 2.45) is 0 Å². The Morgan fingerprint density at radius 2 is 0.662 bits per heavy atom. The molecule has 0 saturated carbocycles. The number of furan rings is 2. The molecule has 0 amide bonds. The van der Waals surface area contributed by atoms with E-state index in [0.29, 0.717) is 33.7 Å². The molecule has 0 spiro atoms. The number of hydrogen-bond acceptors (Lipinski definition) is 4. The Kier molecular flexibility index (Phi) is 9.72. The Morgan fingerprint density at radius 1 is 0.324 bits per heavy atom. The Hall–Kier alpha value is -7.72. The van der Waals surface area contributed by atoms with Crippen LogP contribution in [0.1, 0.15) is 44.5 Å². The monoisotopic (exact) mass is 912 g/mol. The lowest BCUT2D eigenvalue weighted by Gasteiger charge is -2.27. The second-order valence-corrected chi connectivity index (χ2v) is 18.0. The van der Waals surface area contributed by atoms with Crippen molar-refractivity contribution in [2.45, 2.75) is 53.9 Å². The van der Waals surface area contributed by atoms with E-state index in [1.54, 1.807) is 0 Å². The van der Waals surface area contributed by atoms with Crippen molar-refractivity contribution >= 4 is 99.5 Å². The van der Waals surface area contributed by atoms with Gasteiger partial charge < -0.3 is 18.6 Å². The Morgan fingerprint density at radius 3 is 1.00 bits per heavy atom. The van der Waals surface area contributed by atoms with Crippen LogP contribution >= 0.6 is 0 Å². The molecule has 2 heterocycles. The highest BCUT2D eigenvalue weighted by Gasteiger charge is 2.32. The smallest absolute Gasteiger partial charge is 0.416 e. The van der Waals surface area contributed by atoms with Crippen LogP contribution in [0.5, 0.6) is 0 Å². The molecule has 11 aromatic rings. The average molecular weight is 913 g/mol. The van der Waals surface area contributed by atoms with Gasteiger partial charge in [-0.3, -0.25) is 0 Å². The molecule has 0 aliphatic heterocycles. The molecule has 11 rings (SSSR count). The number of fused-ring (bicyclic) bond motifs is 9. The predicted octanol–water partition coefficient (Wildman–Crippen LogP) is 18.6. The van der Waals surface area contributed by atoms with Crippen LogP contribution in [-0.2, 0) is 12.4 Å². The molecule has 0 aliphatic rings. The number of halogens is 6. The molecule has 0 radical (unpaired) electrons. The van der Waals surface area contributed by atoms with E-state index in [-0.39, 0.29) is 0 Å². The van der Waals surface area contributed by atoms with E-state index in [0.717, 1.165) is 123 Å². The van der Waals surface area contributed by atoms with Gasteiger partial charge in [-0.2, -0.15) is 26.3 Å². The van der Waals surface area contributed by atoms with Crippen LogP contribution in [-0.4, -0.2) is 0 Å². The summed E-state index contributed by atoms with van der Waals surface area (Å²) in [4.78, 5) is 3.95. The quantitative estimate of drug-likeness (QED) is 0.156. The van der Waals surface area contributed by atoms with E-state index in [1.165, 1.54) is 24.3 Å². The standard InChI is InChI=1S/C58H42F6N2O2/c1-31-21-47(22-32(2)35(31)5)65(43-15-9-41(10-16-43)57(59,60)61)45-13-7-37-27-51-49-19-20-50-52-28-38-8-14-46(26-40(38)30-54(52)68-56(50)55(49)67-53(51)29-39(37)25-45)66(48-23-33(3)36(6)34(4)24-48)44-17-11-42(12-18-44)58(62,63)64/h7-30H,1-6H3. The van der Waals surface area contributed by atoms with Gasteiger partial charge in [0.15, 0.2) is 11.2 Å². The summed E-state index contributed by atoms with van der Waals surface area (Å²) in [5.74, 6) is 0. The van der Waals surface area contributed by atoms with Gasteiger partial charge in [0.25, 0.3) is 0 Å². The largest absolute Gasteiger partial charge is 0.452 e. The third kappa shape index (κ3) is 7.17. The second kappa shape index (κ2) is 15.4. The fraction of sp³-hybridized carbons (Fsp3) is 0.138. The number of hydrogen-bond donors (Lipinski definition) is 0. The van der Waals surface area contributed by atoms with Crippen molar-refractivity contribution in [2.75, 3.05) is 9.80 Å². The molecule has 9 aromatic carbocycles. The zero-order valence-corrected chi connectivity index (χ0v) is 37.8. The fourth-order valence-corrected chi connectivity index (χ4v) is 9.58. The van der Waals surface area contributed by atoms with Crippen molar-refractivity contribution in [3.8, 4) is 0 Å². The summed E-state index contributed by atoms with van der Waals surface area (Å²) in [5.41, 5.74) is 12.1. The number of benzene rings is 9. The van der Waals surface area contributed by atoms with Gasteiger partial charge >= 0.3 is 12.4 Å². The minimum absolute atomic E-state index is 0.592. The molecule has 2 aromatic heterocycles. The van der Waals surface area contributed by atoms with Gasteiger partial charge in [-0.1, -0.05) is 12.1 Å². The van der Waals surface area contributed by atoms with Crippen molar-refractivity contribution < 1.29 is 35.2 Å². The van der Waals surface area contributed by atoms with E-state index in [9.17, 15) is 26.3 Å². The van der Waals surface area contributed by atoms with Crippen LogP contribution in [0.2, 0.25) is 0 Å². The molecule has 0 unspecified atom stereocenters. The van der Waals surface area contributed by atoms with Gasteiger partial charge in [0.2, 0.25) is 0 Å². The Balaban J connectivity index is 1.01. The molecule has 68 heavy (non-hydrogen) atoms. The van der Waals surface area contributed by atoms with Gasteiger partial charge in [-0.05, 0) is 230 Å². The van der Waals surface area contributed by atoms with Gasteiger partial charge in [0.1, 0.15) is 11.2 Å². The zero-order valence-electron chi connectivity index (χ0n) is 37.8. The van der Waals surface area contributed by atoms with Crippen LogP contribution in [0, 0.1) is 41.5 Å². The van der Waals surface area contributed by atoms with Crippen molar-refractivity contribution in [1.82, 2.24) is 0 Å².